The number of aryl methyl sites for hydroxylation is 1. The molecule has 1 aliphatic heterocycles. The molecule has 0 aliphatic carbocycles. The maximum Gasteiger partial charge on any atom is 0.261 e. The van der Waals surface area contributed by atoms with Gasteiger partial charge in [-0.3, -0.25) is 19.3 Å². The number of carbonyl (C=O) groups is 3. The molecule has 168 valence electrons. The second kappa shape index (κ2) is 8.04. The van der Waals surface area contributed by atoms with Gasteiger partial charge in [0.25, 0.3) is 17.7 Å². The molecule has 7 heteroatoms. The Bertz CT molecular complexity index is 1470. The van der Waals surface area contributed by atoms with Crippen LogP contribution in [0.25, 0.3) is 10.8 Å². The number of nitrogens with zero attached hydrogens (tertiary/aromatic N) is 1. The summed E-state index contributed by atoms with van der Waals surface area (Å²) < 4.78 is 0. The fraction of sp³-hybridized carbons (Fsp3) is 0.0741. The summed E-state index contributed by atoms with van der Waals surface area (Å²) >= 11 is 0. The lowest BCUT2D eigenvalue weighted by Crippen LogP contribution is -2.29. The van der Waals surface area contributed by atoms with E-state index >= 15 is 0 Å². The first kappa shape index (κ1) is 21.2. The summed E-state index contributed by atoms with van der Waals surface area (Å²) in [6, 6.07) is 19.9. The average Bonchev–Trinajstić information content (AvgIpc) is 3.06. The molecule has 0 bridgehead atoms. The SMILES string of the molecule is Cc1cc(CN2C(=O)c3ccccc3C2=O)cc(C(=O)Nc2cccc3ccc(O)cc23)c1O. The first-order valence-electron chi connectivity index (χ1n) is 10.6. The second-order valence-corrected chi connectivity index (χ2v) is 8.22. The third-order valence-electron chi connectivity index (χ3n) is 5.94. The summed E-state index contributed by atoms with van der Waals surface area (Å²) in [6.07, 6.45) is 0. The van der Waals surface area contributed by atoms with E-state index in [1.807, 2.05) is 6.07 Å². The van der Waals surface area contributed by atoms with Gasteiger partial charge in [0.2, 0.25) is 0 Å². The van der Waals surface area contributed by atoms with E-state index in [0.717, 1.165) is 10.3 Å². The van der Waals surface area contributed by atoms with E-state index in [1.165, 1.54) is 6.07 Å². The van der Waals surface area contributed by atoms with Gasteiger partial charge in [0.15, 0.2) is 0 Å². The van der Waals surface area contributed by atoms with E-state index in [2.05, 4.69) is 5.32 Å². The van der Waals surface area contributed by atoms with Gasteiger partial charge in [-0.15, -0.1) is 0 Å². The minimum atomic E-state index is -0.555. The quantitative estimate of drug-likeness (QED) is 0.392. The van der Waals surface area contributed by atoms with E-state index in [1.54, 1.807) is 67.6 Å². The lowest BCUT2D eigenvalue weighted by Gasteiger charge is -2.17. The number of anilines is 1. The van der Waals surface area contributed by atoms with Crippen LogP contribution in [0.15, 0.2) is 72.8 Å². The smallest absolute Gasteiger partial charge is 0.261 e. The van der Waals surface area contributed by atoms with Crippen LogP contribution in [-0.4, -0.2) is 32.8 Å². The third kappa shape index (κ3) is 3.53. The molecule has 0 radical (unpaired) electrons. The maximum absolute atomic E-state index is 13.1. The molecule has 5 rings (SSSR count). The molecule has 0 spiro atoms. The van der Waals surface area contributed by atoms with Gasteiger partial charge in [0, 0.05) is 11.1 Å². The number of rotatable bonds is 4. The summed E-state index contributed by atoms with van der Waals surface area (Å²) in [5.41, 5.74) is 2.16. The first-order valence-corrected chi connectivity index (χ1v) is 10.6. The van der Waals surface area contributed by atoms with Crippen molar-refractivity contribution in [2.75, 3.05) is 5.32 Å². The number of benzene rings is 4. The van der Waals surface area contributed by atoms with Gasteiger partial charge >= 0.3 is 0 Å². The van der Waals surface area contributed by atoms with E-state index in [-0.39, 0.29) is 23.6 Å². The van der Waals surface area contributed by atoms with Crippen molar-refractivity contribution >= 4 is 34.2 Å². The van der Waals surface area contributed by atoms with Crippen LogP contribution in [0.2, 0.25) is 0 Å². The predicted octanol–water partition coefficient (Wildman–Crippen LogP) is 4.61. The molecule has 0 saturated carbocycles. The zero-order chi connectivity index (χ0) is 24.0. The average molecular weight is 452 g/mol. The molecule has 7 nitrogen and oxygen atoms in total. The second-order valence-electron chi connectivity index (χ2n) is 8.22. The third-order valence-corrected chi connectivity index (χ3v) is 5.94. The molecule has 0 unspecified atom stereocenters. The topological polar surface area (TPSA) is 107 Å². The number of imide groups is 1. The van der Waals surface area contributed by atoms with E-state index in [4.69, 9.17) is 0 Å². The molecule has 0 fully saturated rings. The van der Waals surface area contributed by atoms with Gasteiger partial charge in [-0.2, -0.15) is 0 Å². The number of aromatic hydroxyl groups is 2. The fourth-order valence-corrected chi connectivity index (χ4v) is 4.24. The Labute approximate surface area is 194 Å². The highest BCUT2D eigenvalue weighted by Crippen LogP contribution is 2.31. The van der Waals surface area contributed by atoms with Crippen molar-refractivity contribution in [1.29, 1.82) is 0 Å². The van der Waals surface area contributed by atoms with Crippen LogP contribution in [0.3, 0.4) is 0 Å². The highest BCUT2D eigenvalue weighted by Gasteiger charge is 2.35. The van der Waals surface area contributed by atoms with Crippen LogP contribution in [0.1, 0.15) is 42.2 Å². The maximum atomic E-state index is 13.1. The summed E-state index contributed by atoms with van der Waals surface area (Å²) in [5, 5.41) is 24.7. The Morgan fingerprint density at radius 1 is 0.882 bits per heavy atom. The van der Waals surface area contributed by atoms with Gasteiger partial charge < -0.3 is 15.5 Å². The number of hydrogen-bond acceptors (Lipinski definition) is 5. The molecule has 34 heavy (non-hydrogen) atoms. The highest BCUT2D eigenvalue weighted by molar-refractivity contribution is 6.21. The van der Waals surface area contributed by atoms with Crippen molar-refractivity contribution in [1.82, 2.24) is 4.90 Å². The molecule has 1 heterocycles. The lowest BCUT2D eigenvalue weighted by atomic mass is 10.0. The predicted molar refractivity (Wildman–Crippen MR) is 127 cm³/mol. The first-order chi connectivity index (χ1) is 16.3. The van der Waals surface area contributed by atoms with Crippen molar-refractivity contribution in [2.45, 2.75) is 13.5 Å². The molecule has 0 atom stereocenters. The van der Waals surface area contributed by atoms with Gasteiger partial charge in [-0.05, 0) is 59.8 Å². The molecule has 1 aliphatic rings. The minimum Gasteiger partial charge on any atom is -0.508 e. The van der Waals surface area contributed by atoms with Crippen LogP contribution < -0.4 is 5.32 Å². The Kier molecular flexibility index (Phi) is 5.02. The standard InChI is InChI=1S/C27H20N2O5/c1-15-11-16(14-29-26(33)19-6-2-3-7-20(19)27(29)34)12-22(24(15)31)25(32)28-23-8-4-5-17-9-10-18(30)13-21(17)23/h2-13,30-31H,14H2,1H3,(H,28,32). The zero-order valence-electron chi connectivity index (χ0n) is 18.2. The van der Waals surface area contributed by atoms with Crippen LogP contribution in [0.4, 0.5) is 5.69 Å². The lowest BCUT2D eigenvalue weighted by molar-refractivity contribution is 0.0642. The van der Waals surface area contributed by atoms with Gasteiger partial charge in [-0.25, -0.2) is 0 Å². The number of hydrogen-bond donors (Lipinski definition) is 3. The van der Waals surface area contributed by atoms with E-state index in [0.29, 0.717) is 33.3 Å². The highest BCUT2D eigenvalue weighted by atomic mass is 16.3. The Hall–Kier alpha value is -4.65. The normalized spacial score (nSPS) is 12.8. The molecule has 0 aromatic heterocycles. The number of nitrogens with one attached hydrogen (secondary N) is 1. The van der Waals surface area contributed by atoms with Crippen molar-refractivity contribution in [3.05, 3.63) is 101 Å². The van der Waals surface area contributed by atoms with Crippen LogP contribution in [-0.2, 0) is 6.54 Å². The Morgan fingerprint density at radius 2 is 1.59 bits per heavy atom. The molecule has 0 saturated heterocycles. The van der Waals surface area contributed by atoms with Crippen molar-refractivity contribution in [2.24, 2.45) is 0 Å². The van der Waals surface area contributed by atoms with Crippen LogP contribution >= 0.6 is 0 Å². The van der Waals surface area contributed by atoms with Crippen molar-refractivity contribution in [3.63, 3.8) is 0 Å². The summed E-state index contributed by atoms with van der Waals surface area (Å²) in [4.78, 5) is 39.7. The van der Waals surface area contributed by atoms with Crippen LogP contribution in [0.5, 0.6) is 11.5 Å². The molecule has 3 N–H and O–H groups in total. The molecular weight excluding hydrogens is 432 g/mol. The van der Waals surface area contributed by atoms with Crippen LogP contribution in [0, 0.1) is 6.92 Å². The number of phenolic OH excluding ortho intramolecular Hbond substituents is 2. The largest absolute Gasteiger partial charge is 0.508 e. The number of carbonyl (C=O) groups excluding carboxylic acids is 3. The number of phenols is 2. The Balaban J connectivity index is 1.46. The molecule has 4 aromatic carbocycles. The molecule has 3 amide bonds. The number of fused-ring (bicyclic) bond motifs is 2. The number of amides is 3. The minimum absolute atomic E-state index is 0.0174. The molecular formula is C27H20N2O5. The van der Waals surface area contributed by atoms with Gasteiger partial charge in [0.05, 0.1) is 23.2 Å². The summed E-state index contributed by atoms with van der Waals surface area (Å²) in [6.45, 7) is 1.61. The molecule has 4 aromatic rings. The van der Waals surface area contributed by atoms with E-state index < -0.39 is 17.7 Å². The van der Waals surface area contributed by atoms with Gasteiger partial charge in [-0.1, -0.05) is 36.4 Å². The summed E-state index contributed by atoms with van der Waals surface area (Å²) in [7, 11) is 0. The monoisotopic (exact) mass is 452 g/mol. The Morgan fingerprint density at radius 3 is 2.29 bits per heavy atom. The zero-order valence-corrected chi connectivity index (χ0v) is 18.2. The van der Waals surface area contributed by atoms with E-state index in [9.17, 15) is 24.6 Å². The van der Waals surface area contributed by atoms with Crippen molar-refractivity contribution < 1.29 is 24.6 Å². The van der Waals surface area contributed by atoms with Gasteiger partial charge in [0.1, 0.15) is 11.5 Å². The summed E-state index contributed by atoms with van der Waals surface area (Å²) in [5.74, 6) is -1.47. The fourth-order valence-electron chi connectivity index (χ4n) is 4.24. The van der Waals surface area contributed by atoms with Crippen molar-refractivity contribution in [3.8, 4) is 11.5 Å².